The molecule has 0 spiro atoms. The second kappa shape index (κ2) is 6.45. The third-order valence-corrected chi connectivity index (χ3v) is 3.28. The van der Waals surface area contributed by atoms with Crippen molar-refractivity contribution in [3.63, 3.8) is 0 Å². The van der Waals surface area contributed by atoms with E-state index >= 15 is 0 Å². The van der Waals surface area contributed by atoms with Crippen LogP contribution in [-0.2, 0) is 0 Å². The number of halogens is 2. The molecule has 0 saturated heterocycles. The first-order valence-corrected chi connectivity index (χ1v) is 6.12. The lowest BCUT2D eigenvalue weighted by atomic mass is 10.1. The molecule has 0 bridgehead atoms. The summed E-state index contributed by atoms with van der Waals surface area (Å²) in [6.07, 6.45) is 0.742. The summed E-state index contributed by atoms with van der Waals surface area (Å²) >= 11 is 11.8. The number of hydrogen-bond acceptors (Lipinski definition) is 2. The first kappa shape index (κ1) is 13.8. The highest BCUT2D eigenvalue weighted by atomic mass is 35.5. The molecule has 0 aromatic heterocycles. The number of hydrogen-bond donors (Lipinski definition) is 2. The minimum Gasteiger partial charge on any atom is -0.396 e. The van der Waals surface area contributed by atoms with Gasteiger partial charge in [-0.15, -0.1) is 0 Å². The predicted octanol–water partition coefficient (Wildman–Crippen LogP) is 3.41. The fourth-order valence-electron chi connectivity index (χ4n) is 1.58. The summed E-state index contributed by atoms with van der Waals surface area (Å²) in [5.74, 6) is 0. The van der Waals surface area contributed by atoms with Crippen molar-refractivity contribution in [3.05, 3.63) is 33.8 Å². The molecule has 0 aliphatic carbocycles. The Bertz CT molecular complexity index is 344. The van der Waals surface area contributed by atoms with Crippen molar-refractivity contribution in [2.75, 3.05) is 6.61 Å². The van der Waals surface area contributed by atoms with Crippen LogP contribution in [0, 0.1) is 0 Å². The van der Waals surface area contributed by atoms with E-state index in [9.17, 15) is 0 Å². The van der Waals surface area contributed by atoms with Gasteiger partial charge in [0.05, 0.1) is 10.0 Å². The number of benzene rings is 1. The molecule has 1 aromatic carbocycles. The van der Waals surface area contributed by atoms with Gasteiger partial charge in [0.25, 0.3) is 0 Å². The monoisotopic (exact) mass is 261 g/mol. The van der Waals surface area contributed by atoms with Crippen LogP contribution in [0.4, 0.5) is 0 Å². The first-order valence-electron chi connectivity index (χ1n) is 5.36. The Morgan fingerprint density at radius 2 is 1.94 bits per heavy atom. The third kappa shape index (κ3) is 3.95. The van der Waals surface area contributed by atoms with E-state index in [1.165, 1.54) is 0 Å². The van der Waals surface area contributed by atoms with Crippen molar-refractivity contribution in [1.29, 1.82) is 0 Å². The Balaban J connectivity index is 2.65. The van der Waals surface area contributed by atoms with E-state index in [2.05, 4.69) is 12.2 Å². The molecule has 16 heavy (non-hydrogen) atoms. The van der Waals surface area contributed by atoms with Gasteiger partial charge in [0.2, 0.25) is 0 Å². The van der Waals surface area contributed by atoms with E-state index in [1.54, 1.807) is 6.07 Å². The fourth-order valence-corrected chi connectivity index (χ4v) is 1.89. The molecule has 2 atom stereocenters. The lowest BCUT2D eigenvalue weighted by Crippen LogP contribution is -2.29. The van der Waals surface area contributed by atoms with Gasteiger partial charge in [-0.1, -0.05) is 29.3 Å². The van der Waals surface area contributed by atoms with Crippen molar-refractivity contribution < 1.29 is 5.11 Å². The van der Waals surface area contributed by atoms with Crippen LogP contribution in [0.5, 0.6) is 0 Å². The van der Waals surface area contributed by atoms with Gasteiger partial charge in [-0.25, -0.2) is 0 Å². The molecule has 1 aromatic rings. The highest BCUT2D eigenvalue weighted by Gasteiger charge is 2.10. The molecule has 1 rings (SSSR count). The van der Waals surface area contributed by atoms with E-state index in [4.69, 9.17) is 28.3 Å². The molecule has 0 fully saturated rings. The van der Waals surface area contributed by atoms with Crippen molar-refractivity contribution in [3.8, 4) is 0 Å². The minimum absolute atomic E-state index is 0.191. The standard InChI is InChI=1S/C12H17Cl2NO/c1-8(5-6-16)15-9(2)10-3-4-11(13)12(14)7-10/h3-4,7-9,15-16H,5-6H2,1-2H3. The smallest absolute Gasteiger partial charge is 0.0595 e. The molecule has 2 nitrogen and oxygen atoms in total. The summed E-state index contributed by atoms with van der Waals surface area (Å²) in [6, 6.07) is 6.09. The van der Waals surface area contributed by atoms with Gasteiger partial charge in [-0.3, -0.25) is 0 Å². The van der Waals surface area contributed by atoms with Crippen LogP contribution in [0.2, 0.25) is 10.0 Å². The van der Waals surface area contributed by atoms with Crippen LogP contribution >= 0.6 is 23.2 Å². The average molecular weight is 262 g/mol. The Hall–Kier alpha value is -0.280. The summed E-state index contributed by atoms with van der Waals surface area (Å²) in [5.41, 5.74) is 1.10. The number of aliphatic hydroxyl groups is 1. The van der Waals surface area contributed by atoms with Gasteiger partial charge in [0, 0.05) is 18.7 Å². The molecule has 0 saturated carbocycles. The van der Waals surface area contributed by atoms with E-state index < -0.39 is 0 Å². The molecular weight excluding hydrogens is 245 g/mol. The Morgan fingerprint density at radius 3 is 2.50 bits per heavy atom. The second-order valence-electron chi connectivity index (χ2n) is 3.98. The van der Waals surface area contributed by atoms with Crippen LogP contribution in [0.1, 0.15) is 31.9 Å². The van der Waals surface area contributed by atoms with Crippen LogP contribution in [-0.4, -0.2) is 17.8 Å². The Kier molecular flexibility index (Phi) is 5.56. The predicted molar refractivity (Wildman–Crippen MR) is 69.2 cm³/mol. The zero-order valence-electron chi connectivity index (χ0n) is 9.50. The molecule has 0 amide bonds. The van der Waals surface area contributed by atoms with Crippen LogP contribution in [0.25, 0.3) is 0 Å². The van der Waals surface area contributed by atoms with Crippen LogP contribution in [0.15, 0.2) is 18.2 Å². The van der Waals surface area contributed by atoms with E-state index in [-0.39, 0.29) is 18.7 Å². The molecule has 4 heteroatoms. The maximum Gasteiger partial charge on any atom is 0.0595 e. The number of aliphatic hydroxyl groups excluding tert-OH is 1. The summed E-state index contributed by atoms with van der Waals surface area (Å²) in [5, 5.41) is 13.3. The number of rotatable bonds is 5. The number of nitrogens with one attached hydrogen (secondary N) is 1. The van der Waals surface area contributed by atoms with Gasteiger partial charge >= 0.3 is 0 Å². The van der Waals surface area contributed by atoms with Crippen LogP contribution < -0.4 is 5.32 Å². The summed E-state index contributed by atoms with van der Waals surface area (Å²) in [7, 11) is 0. The van der Waals surface area contributed by atoms with Crippen molar-refractivity contribution in [2.45, 2.75) is 32.4 Å². The molecular formula is C12H17Cl2NO. The molecule has 2 N–H and O–H groups in total. The third-order valence-electron chi connectivity index (χ3n) is 2.54. The molecule has 0 radical (unpaired) electrons. The van der Waals surface area contributed by atoms with Gasteiger partial charge in [0.15, 0.2) is 0 Å². The SMILES string of the molecule is CC(CCO)NC(C)c1ccc(Cl)c(Cl)c1. The highest BCUT2D eigenvalue weighted by molar-refractivity contribution is 6.42. The molecule has 0 aliphatic heterocycles. The van der Waals surface area contributed by atoms with Gasteiger partial charge < -0.3 is 10.4 Å². The topological polar surface area (TPSA) is 32.3 Å². The first-order chi connectivity index (χ1) is 7.54. The quantitative estimate of drug-likeness (QED) is 0.852. The summed E-state index contributed by atoms with van der Waals surface area (Å²) in [6.45, 7) is 4.31. The maximum absolute atomic E-state index is 8.82. The molecule has 0 aliphatic rings. The zero-order valence-corrected chi connectivity index (χ0v) is 11.0. The maximum atomic E-state index is 8.82. The van der Waals surface area contributed by atoms with Gasteiger partial charge in [0.1, 0.15) is 0 Å². The summed E-state index contributed by atoms with van der Waals surface area (Å²) < 4.78 is 0. The van der Waals surface area contributed by atoms with Crippen molar-refractivity contribution in [2.24, 2.45) is 0 Å². The fraction of sp³-hybridized carbons (Fsp3) is 0.500. The minimum atomic E-state index is 0.191. The molecule has 0 heterocycles. The lowest BCUT2D eigenvalue weighted by Gasteiger charge is -2.20. The van der Waals surface area contributed by atoms with Crippen molar-refractivity contribution >= 4 is 23.2 Å². The second-order valence-corrected chi connectivity index (χ2v) is 4.79. The van der Waals surface area contributed by atoms with Crippen LogP contribution in [0.3, 0.4) is 0 Å². The van der Waals surface area contributed by atoms with Gasteiger partial charge in [-0.05, 0) is 38.0 Å². The Labute approximate surface area is 107 Å². The zero-order chi connectivity index (χ0) is 12.1. The molecule has 2 unspecified atom stereocenters. The Morgan fingerprint density at radius 1 is 1.25 bits per heavy atom. The summed E-state index contributed by atoms with van der Waals surface area (Å²) in [4.78, 5) is 0. The normalized spacial score (nSPS) is 14.8. The van der Waals surface area contributed by atoms with E-state index in [1.807, 2.05) is 19.1 Å². The van der Waals surface area contributed by atoms with E-state index in [0.29, 0.717) is 10.0 Å². The van der Waals surface area contributed by atoms with Gasteiger partial charge in [-0.2, -0.15) is 0 Å². The van der Waals surface area contributed by atoms with Crippen molar-refractivity contribution in [1.82, 2.24) is 5.32 Å². The largest absolute Gasteiger partial charge is 0.396 e. The lowest BCUT2D eigenvalue weighted by molar-refractivity contribution is 0.264. The highest BCUT2D eigenvalue weighted by Crippen LogP contribution is 2.25. The average Bonchev–Trinajstić information content (AvgIpc) is 2.22. The van der Waals surface area contributed by atoms with E-state index in [0.717, 1.165) is 12.0 Å². The molecule has 90 valence electrons.